The maximum absolute atomic E-state index is 12.7. The van der Waals surface area contributed by atoms with Gasteiger partial charge in [-0.25, -0.2) is 4.57 Å². The Morgan fingerprint density at radius 3 is 1.36 bits per heavy atom. The Morgan fingerprint density at radius 1 is 0.534 bits per heavy atom. The van der Waals surface area contributed by atoms with Crippen LogP contribution in [0, 0.1) is 0 Å². The topological polar surface area (TPSA) is 108 Å². The molecule has 0 amide bonds. The minimum atomic E-state index is -4.40. The minimum Gasteiger partial charge on any atom is -0.462 e. The number of carbonyl (C=O) groups is 2. The van der Waals surface area contributed by atoms with E-state index < -0.39 is 32.5 Å². The van der Waals surface area contributed by atoms with E-state index in [2.05, 4.69) is 62.5 Å². The molecule has 0 saturated heterocycles. The number of hydrogen-bond donors (Lipinski definition) is 1. The van der Waals surface area contributed by atoms with Gasteiger partial charge in [0.05, 0.1) is 27.7 Å². The van der Waals surface area contributed by atoms with E-state index in [-0.39, 0.29) is 26.1 Å². The van der Waals surface area contributed by atoms with Crippen LogP contribution in [0.2, 0.25) is 0 Å². The van der Waals surface area contributed by atoms with Crippen molar-refractivity contribution >= 4 is 19.8 Å². The van der Waals surface area contributed by atoms with Crippen LogP contribution in [-0.2, 0) is 32.7 Å². The number of rotatable bonds is 42. The zero-order valence-corrected chi connectivity index (χ0v) is 38.9. The van der Waals surface area contributed by atoms with Crippen LogP contribution in [0.25, 0.3) is 0 Å². The van der Waals surface area contributed by atoms with Crippen molar-refractivity contribution in [1.29, 1.82) is 0 Å². The van der Waals surface area contributed by atoms with Gasteiger partial charge in [-0.15, -0.1) is 0 Å². The first-order valence-electron chi connectivity index (χ1n) is 23.4. The van der Waals surface area contributed by atoms with Gasteiger partial charge in [-0.3, -0.25) is 18.6 Å². The summed E-state index contributed by atoms with van der Waals surface area (Å²) in [6, 6.07) is 0. The Bertz CT molecular complexity index is 1130. The van der Waals surface area contributed by atoms with Crippen LogP contribution in [0.4, 0.5) is 0 Å². The molecule has 0 radical (unpaired) electrons. The molecule has 0 fully saturated rings. The lowest BCUT2D eigenvalue weighted by Gasteiger charge is -2.24. The second-order valence-electron chi connectivity index (χ2n) is 16.8. The predicted octanol–water partition coefficient (Wildman–Crippen LogP) is 13.5. The van der Waals surface area contributed by atoms with Crippen molar-refractivity contribution in [3.8, 4) is 0 Å². The van der Waals surface area contributed by atoms with Crippen LogP contribution < -0.4 is 0 Å². The molecular weight excluding hydrogens is 750 g/mol. The van der Waals surface area contributed by atoms with Crippen LogP contribution in [0.15, 0.2) is 48.6 Å². The van der Waals surface area contributed by atoms with Crippen molar-refractivity contribution in [2.24, 2.45) is 0 Å². The quantitative estimate of drug-likeness (QED) is 0.0213. The maximum atomic E-state index is 12.7. The summed E-state index contributed by atoms with van der Waals surface area (Å²) in [7, 11) is 1.43. The first-order valence-corrected chi connectivity index (χ1v) is 24.9. The van der Waals surface area contributed by atoms with Gasteiger partial charge in [-0.2, -0.15) is 0 Å². The van der Waals surface area contributed by atoms with E-state index in [4.69, 9.17) is 18.5 Å². The van der Waals surface area contributed by atoms with Gasteiger partial charge < -0.3 is 18.9 Å². The molecule has 0 rings (SSSR count). The standard InChI is InChI=1S/C48H88NO8P/c1-6-8-10-12-14-16-18-20-22-24-26-28-30-32-34-36-38-40-47(50)54-44-46(45-56-58(52,53)55-43-42-49(3,4)5)57-48(51)41-39-37-35-33-31-29-27-25-23-21-19-17-15-13-11-9-7-2/h26-29,32-35,46H,6-25,30-31,36-45H2,1-5H3/p+1/b28-26+,29-27+,34-32+,35-33+/t46-/m1/s1. The Balaban J connectivity index is 4.45. The van der Waals surface area contributed by atoms with Gasteiger partial charge in [0, 0.05) is 12.8 Å². The summed E-state index contributed by atoms with van der Waals surface area (Å²) in [6.07, 6.45) is 47.5. The van der Waals surface area contributed by atoms with E-state index in [1.807, 2.05) is 21.1 Å². The summed E-state index contributed by atoms with van der Waals surface area (Å²) in [5.74, 6) is -0.904. The molecule has 0 spiro atoms. The number of nitrogens with zero attached hydrogens (tertiary/aromatic N) is 1. The van der Waals surface area contributed by atoms with Crippen molar-refractivity contribution < 1.29 is 42.1 Å². The van der Waals surface area contributed by atoms with Crippen molar-refractivity contribution in [1.82, 2.24) is 0 Å². The van der Waals surface area contributed by atoms with Gasteiger partial charge in [-0.1, -0.05) is 165 Å². The van der Waals surface area contributed by atoms with Crippen LogP contribution in [0.5, 0.6) is 0 Å². The monoisotopic (exact) mass is 839 g/mol. The van der Waals surface area contributed by atoms with Crippen LogP contribution in [0.1, 0.15) is 194 Å². The molecule has 0 aromatic heterocycles. The van der Waals surface area contributed by atoms with E-state index in [1.54, 1.807) is 0 Å². The predicted molar refractivity (Wildman–Crippen MR) is 243 cm³/mol. The zero-order valence-electron chi connectivity index (χ0n) is 38.0. The summed E-state index contributed by atoms with van der Waals surface area (Å²) in [4.78, 5) is 35.4. The fourth-order valence-corrected chi connectivity index (χ4v) is 6.89. The van der Waals surface area contributed by atoms with E-state index in [9.17, 15) is 19.0 Å². The molecule has 0 heterocycles. The highest BCUT2D eigenvalue weighted by Gasteiger charge is 2.27. The summed E-state index contributed by atoms with van der Waals surface area (Å²) < 4.78 is 34.2. The highest BCUT2D eigenvalue weighted by molar-refractivity contribution is 7.47. The molecule has 10 heteroatoms. The lowest BCUT2D eigenvalue weighted by molar-refractivity contribution is -0.870. The number of hydrogen-bond acceptors (Lipinski definition) is 7. The van der Waals surface area contributed by atoms with Gasteiger partial charge >= 0.3 is 19.8 Å². The van der Waals surface area contributed by atoms with Crippen LogP contribution >= 0.6 is 7.82 Å². The second kappa shape index (κ2) is 40.4. The average Bonchev–Trinajstić information content (AvgIpc) is 3.17. The molecule has 2 atom stereocenters. The smallest absolute Gasteiger partial charge is 0.462 e. The lowest BCUT2D eigenvalue weighted by Crippen LogP contribution is -2.37. The van der Waals surface area contributed by atoms with Crippen molar-refractivity contribution in [2.75, 3.05) is 47.5 Å². The molecular formula is C48H89NO8P+. The lowest BCUT2D eigenvalue weighted by atomic mass is 10.1. The highest BCUT2D eigenvalue weighted by atomic mass is 31.2. The van der Waals surface area contributed by atoms with E-state index >= 15 is 0 Å². The molecule has 1 N–H and O–H groups in total. The average molecular weight is 839 g/mol. The van der Waals surface area contributed by atoms with E-state index in [0.717, 1.165) is 38.5 Å². The molecule has 0 bridgehead atoms. The van der Waals surface area contributed by atoms with Crippen molar-refractivity contribution in [2.45, 2.75) is 200 Å². The van der Waals surface area contributed by atoms with Gasteiger partial charge in [0.2, 0.25) is 0 Å². The number of esters is 2. The number of quaternary nitrogens is 1. The minimum absolute atomic E-state index is 0.0173. The highest BCUT2D eigenvalue weighted by Crippen LogP contribution is 2.43. The Morgan fingerprint density at radius 2 is 0.931 bits per heavy atom. The third kappa shape index (κ3) is 43.5. The molecule has 0 aliphatic heterocycles. The Labute approximate surface area is 356 Å². The summed E-state index contributed by atoms with van der Waals surface area (Å²) in [5.41, 5.74) is 0. The summed E-state index contributed by atoms with van der Waals surface area (Å²) in [6.45, 7) is 4.33. The fraction of sp³-hybridized carbons (Fsp3) is 0.792. The van der Waals surface area contributed by atoms with Gasteiger partial charge in [0.1, 0.15) is 19.8 Å². The molecule has 0 aliphatic carbocycles. The molecule has 0 saturated carbocycles. The van der Waals surface area contributed by atoms with Crippen LogP contribution in [0.3, 0.4) is 0 Å². The number of likely N-dealkylation sites (N-methyl/N-ethyl adjacent to an activating group) is 1. The Kier molecular flexibility index (Phi) is 39.0. The molecule has 0 aliphatic rings. The molecule has 0 aromatic carbocycles. The zero-order chi connectivity index (χ0) is 42.8. The molecule has 0 aromatic rings. The number of allylic oxidation sites excluding steroid dienone is 8. The fourth-order valence-electron chi connectivity index (χ4n) is 6.15. The SMILES string of the molecule is CCCCCCCCCCC/C=C/C/C=C/CCCC(=O)OC[C@H](COP(=O)(O)OCC[N+](C)(C)C)OC(=O)CCC/C=C/C/C=C/CCCCCCCCCCC. The first-order chi connectivity index (χ1) is 28.0. The van der Waals surface area contributed by atoms with Gasteiger partial charge in [-0.05, 0) is 64.2 Å². The number of ether oxygens (including phenoxy) is 2. The van der Waals surface area contributed by atoms with Gasteiger partial charge in [0.25, 0.3) is 0 Å². The summed E-state index contributed by atoms with van der Waals surface area (Å²) in [5, 5.41) is 0. The van der Waals surface area contributed by atoms with Crippen molar-refractivity contribution in [3.05, 3.63) is 48.6 Å². The van der Waals surface area contributed by atoms with E-state index in [0.29, 0.717) is 23.9 Å². The third-order valence-electron chi connectivity index (χ3n) is 9.83. The normalized spacial score (nSPS) is 14.0. The number of carbonyl (C=O) groups excluding carboxylic acids is 2. The molecule has 58 heavy (non-hydrogen) atoms. The molecule has 9 nitrogen and oxygen atoms in total. The molecule has 338 valence electrons. The third-order valence-corrected chi connectivity index (χ3v) is 10.8. The second-order valence-corrected chi connectivity index (χ2v) is 18.2. The largest absolute Gasteiger partial charge is 0.472 e. The Hall–Kier alpha value is -2.03. The number of unbranched alkanes of at least 4 members (excludes halogenated alkanes) is 20. The number of phosphoric ester groups is 1. The summed E-state index contributed by atoms with van der Waals surface area (Å²) >= 11 is 0. The van der Waals surface area contributed by atoms with Gasteiger partial charge in [0.15, 0.2) is 6.10 Å². The maximum Gasteiger partial charge on any atom is 0.472 e. The van der Waals surface area contributed by atoms with E-state index in [1.165, 1.54) is 116 Å². The van der Waals surface area contributed by atoms with Crippen molar-refractivity contribution in [3.63, 3.8) is 0 Å². The van der Waals surface area contributed by atoms with Crippen LogP contribution in [-0.4, -0.2) is 74.9 Å². The molecule has 1 unspecified atom stereocenters. The number of phosphoric acid groups is 1. The first kappa shape index (κ1) is 56.0.